The zero-order valence-corrected chi connectivity index (χ0v) is 14.1. The van der Waals surface area contributed by atoms with Crippen molar-refractivity contribution < 1.29 is 83.3 Å². The number of methoxy groups -OCH3 is 2. The van der Waals surface area contributed by atoms with Crippen LogP contribution in [-0.2, 0) is 9.47 Å². The zero-order chi connectivity index (χ0) is 13.6. The van der Waals surface area contributed by atoms with Crippen molar-refractivity contribution >= 4 is 12.4 Å². The van der Waals surface area contributed by atoms with Crippen LogP contribution in [0.15, 0.2) is 18.2 Å². The molecule has 0 atom stereocenters. The topological polar surface area (TPSA) is 36.9 Å². The van der Waals surface area contributed by atoms with Gasteiger partial charge in [0.15, 0.2) is 13.6 Å². The maximum absolute atomic E-state index is 12.8. The van der Waals surface area contributed by atoms with Crippen LogP contribution in [0.3, 0.4) is 0 Å². The minimum atomic E-state index is -5.19. The summed E-state index contributed by atoms with van der Waals surface area (Å²) < 4.78 is 57.5. The van der Waals surface area contributed by atoms with Crippen LogP contribution in [0.5, 0.6) is 11.5 Å². The molecule has 0 saturated carbocycles. The van der Waals surface area contributed by atoms with Crippen LogP contribution in [0.2, 0.25) is 0 Å². The SMILES string of the molecule is COCOc1ccc(OCOC)c([B-](F)(F)F)c1.[K+]. The number of hydrogen-bond donors (Lipinski definition) is 0. The number of hydrogen-bond acceptors (Lipinski definition) is 4. The maximum Gasteiger partial charge on any atom is 1.00 e. The van der Waals surface area contributed by atoms with E-state index in [9.17, 15) is 12.9 Å². The van der Waals surface area contributed by atoms with Gasteiger partial charge in [0.25, 0.3) is 0 Å². The molecule has 0 fully saturated rings. The van der Waals surface area contributed by atoms with Crippen molar-refractivity contribution in [2.45, 2.75) is 0 Å². The Morgan fingerprint density at radius 1 is 1.00 bits per heavy atom. The normalized spacial score (nSPS) is 10.8. The third kappa shape index (κ3) is 6.48. The van der Waals surface area contributed by atoms with Crippen LogP contribution in [0.25, 0.3) is 0 Å². The first kappa shape index (κ1) is 19.2. The fourth-order valence-corrected chi connectivity index (χ4v) is 1.25. The van der Waals surface area contributed by atoms with Gasteiger partial charge < -0.3 is 31.9 Å². The first-order valence-corrected chi connectivity index (χ1v) is 5.06. The smallest absolute Gasteiger partial charge is 0.471 e. The standard InChI is InChI=1S/C10H13BF3O4.K/c1-15-6-17-8-3-4-10(18-7-16-2)9(5-8)11(12,13)14;/h3-5H,6-7H2,1-2H3;/q-1;+1. The van der Waals surface area contributed by atoms with Gasteiger partial charge in [-0.05, 0) is 18.2 Å². The summed E-state index contributed by atoms with van der Waals surface area (Å²) in [7, 11) is 2.71. The quantitative estimate of drug-likeness (QED) is 0.464. The van der Waals surface area contributed by atoms with Crippen molar-refractivity contribution in [3.63, 3.8) is 0 Å². The van der Waals surface area contributed by atoms with E-state index >= 15 is 0 Å². The van der Waals surface area contributed by atoms with E-state index in [0.717, 1.165) is 6.07 Å². The maximum atomic E-state index is 12.8. The third-order valence-corrected chi connectivity index (χ3v) is 2.01. The Morgan fingerprint density at radius 3 is 2.11 bits per heavy atom. The molecule has 0 spiro atoms. The molecule has 1 aromatic rings. The van der Waals surface area contributed by atoms with E-state index < -0.39 is 12.4 Å². The van der Waals surface area contributed by atoms with Gasteiger partial charge in [0.05, 0.1) is 5.75 Å². The monoisotopic (exact) mass is 304 g/mol. The second-order valence-corrected chi connectivity index (χ2v) is 3.38. The van der Waals surface area contributed by atoms with Gasteiger partial charge in [-0.2, -0.15) is 0 Å². The Kier molecular flexibility index (Phi) is 9.33. The summed E-state index contributed by atoms with van der Waals surface area (Å²) >= 11 is 0. The van der Waals surface area contributed by atoms with Crippen molar-refractivity contribution in [3.05, 3.63) is 18.2 Å². The van der Waals surface area contributed by atoms with Crippen LogP contribution >= 0.6 is 0 Å². The van der Waals surface area contributed by atoms with Gasteiger partial charge in [-0.3, -0.25) is 0 Å². The molecule has 0 aliphatic carbocycles. The Hall–Kier alpha value is 0.231. The van der Waals surface area contributed by atoms with Crippen molar-refractivity contribution in [2.24, 2.45) is 0 Å². The molecule has 4 nitrogen and oxygen atoms in total. The molecule has 1 aromatic carbocycles. The predicted octanol–water partition coefficient (Wildman–Crippen LogP) is -1.29. The van der Waals surface area contributed by atoms with Crippen molar-refractivity contribution in [1.29, 1.82) is 0 Å². The van der Waals surface area contributed by atoms with E-state index in [0.29, 0.717) is 0 Å². The van der Waals surface area contributed by atoms with Gasteiger partial charge in [-0.1, -0.05) is 5.46 Å². The summed E-state index contributed by atoms with van der Waals surface area (Å²) in [4.78, 5) is 0. The van der Waals surface area contributed by atoms with Crippen LogP contribution in [0.1, 0.15) is 0 Å². The molecule has 9 heteroatoms. The third-order valence-electron chi connectivity index (χ3n) is 2.01. The van der Waals surface area contributed by atoms with Gasteiger partial charge in [0.1, 0.15) is 5.75 Å². The van der Waals surface area contributed by atoms with Gasteiger partial charge in [-0.15, -0.1) is 0 Å². The summed E-state index contributed by atoms with van der Waals surface area (Å²) in [5, 5.41) is 0. The summed E-state index contributed by atoms with van der Waals surface area (Å²) in [5.74, 6) is -0.218. The van der Waals surface area contributed by atoms with Gasteiger partial charge in [0, 0.05) is 14.2 Å². The molecule has 0 bridgehead atoms. The summed E-state index contributed by atoms with van der Waals surface area (Å²) in [5.41, 5.74) is -0.861. The van der Waals surface area contributed by atoms with E-state index in [2.05, 4.69) is 9.47 Å². The number of rotatable bonds is 7. The second-order valence-electron chi connectivity index (χ2n) is 3.38. The largest absolute Gasteiger partial charge is 1.00 e. The van der Waals surface area contributed by atoms with Crippen LogP contribution in [0, 0.1) is 0 Å². The van der Waals surface area contributed by atoms with Crippen molar-refractivity contribution in [2.75, 3.05) is 27.8 Å². The van der Waals surface area contributed by atoms with E-state index in [1.54, 1.807) is 0 Å². The number of ether oxygens (including phenoxy) is 4. The van der Waals surface area contributed by atoms with Crippen LogP contribution in [0.4, 0.5) is 12.9 Å². The minimum Gasteiger partial charge on any atom is -0.471 e. The van der Waals surface area contributed by atoms with Crippen LogP contribution in [-0.4, -0.2) is 34.8 Å². The van der Waals surface area contributed by atoms with Crippen molar-refractivity contribution in [1.82, 2.24) is 0 Å². The molecule has 19 heavy (non-hydrogen) atoms. The Morgan fingerprint density at radius 2 is 1.58 bits per heavy atom. The second kappa shape index (κ2) is 9.22. The minimum absolute atomic E-state index is 0. The predicted molar refractivity (Wildman–Crippen MR) is 60.2 cm³/mol. The molecule has 0 amide bonds. The van der Waals surface area contributed by atoms with E-state index in [-0.39, 0.29) is 76.5 Å². The first-order valence-electron chi connectivity index (χ1n) is 5.06. The molecular weight excluding hydrogens is 291 g/mol. The number of benzene rings is 1. The molecule has 0 heterocycles. The molecule has 1 rings (SSSR count). The average Bonchev–Trinajstić information content (AvgIpc) is 2.33. The summed E-state index contributed by atoms with van der Waals surface area (Å²) in [6.45, 7) is -5.57. The van der Waals surface area contributed by atoms with Gasteiger partial charge >= 0.3 is 58.4 Å². The summed E-state index contributed by atoms with van der Waals surface area (Å²) in [6.07, 6.45) is 0. The molecular formula is C10H13BF3KO4. The van der Waals surface area contributed by atoms with E-state index in [1.807, 2.05) is 0 Å². The number of halogens is 3. The summed E-state index contributed by atoms with van der Waals surface area (Å²) in [6, 6.07) is 3.44. The molecule has 0 aliphatic heterocycles. The zero-order valence-electron chi connectivity index (χ0n) is 11.0. The molecule has 0 saturated heterocycles. The first-order chi connectivity index (χ1) is 8.49. The molecule has 0 radical (unpaired) electrons. The molecule has 0 aliphatic rings. The molecule has 0 aromatic heterocycles. The van der Waals surface area contributed by atoms with E-state index in [1.165, 1.54) is 26.4 Å². The fraction of sp³-hybridized carbons (Fsp3) is 0.400. The Bertz CT molecular complexity index is 390. The van der Waals surface area contributed by atoms with E-state index in [4.69, 9.17) is 9.47 Å². The Balaban J connectivity index is 0.00000324. The van der Waals surface area contributed by atoms with Crippen LogP contribution < -0.4 is 66.3 Å². The molecule has 0 N–H and O–H groups in total. The van der Waals surface area contributed by atoms with Gasteiger partial charge in [0.2, 0.25) is 0 Å². The molecule has 102 valence electrons. The van der Waals surface area contributed by atoms with Gasteiger partial charge in [-0.25, -0.2) is 0 Å². The van der Waals surface area contributed by atoms with Crippen molar-refractivity contribution in [3.8, 4) is 11.5 Å². The Labute approximate surface area is 152 Å². The average molecular weight is 304 g/mol. The molecule has 0 unspecified atom stereocenters. The fourth-order valence-electron chi connectivity index (χ4n) is 1.25.